The summed E-state index contributed by atoms with van der Waals surface area (Å²) in [6.45, 7) is 0. The van der Waals surface area contributed by atoms with Gasteiger partial charge in [-0.1, -0.05) is 30.9 Å². The Morgan fingerprint density at radius 1 is 0.938 bits per heavy atom. The van der Waals surface area contributed by atoms with Crippen molar-refractivity contribution in [3.63, 3.8) is 0 Å². The van der Waals surface area contributed by atoms with Gasteiger partial charge in [0.2, 0.25) is 0 Å². The predicted octanol–water partition coefficient (Wildman–Crippen LogP) is 6.37. The van der Waals surface area contributed by atoms with Crippen molar-refractivity contribution in [2.75, 3.05) is 10.6 Å². The maximum Gasteiger partial charge on any atom is 0.161 e. The molecule has 2 N–H and O–H groups in total. The highest BCUT2D eigenvalue weighted by Gasteiger charge is 2.15. The average Bonchev–Trinajstić information content (AvgIpc) is 2.81. The van der Waals surface area contributed by atoms with Gasteiger partial charge in [0.25, 0.3) is 0 Å². The van der Waals surface area contributed by atoms with Gasteiger partial charge in [-0.2, -0.15) is 0 Å². The third kappa shape index (κ3) is 4.48. The first-order valence-corrected chi connectivity index (χ1v) is 11.1. The van der Waals surface area contributed by atoms with Gasteiger partial charge < -0.3 is 10.6 Å². The summed E-state index contributed by atoms with van der Waals surface area (Å²) in [5.41, 5.74) is 1.98. The van der Waals surface area contributed by atoms with Crippen molar-refractivity contribution in [2.45, 2.75) is 38.1 Å². The minimum Gasteiger partial charge on any atom is -0.367 e. The van der Waals surface area contributed by atoms with Crippen LogP contribution in [-0.2, 0) is 0 Å². The van der Waals surface area contributed by atoms with Crippen molar-refractivity contribution < 1.29 is 4.39 Å². The van der Waals surface area contributed by atoms with Gasteiger partial charge in [0, 0.05) is 34.3 Å². The lowest BCUT2D eigenvalue weighted by Gasteiger charge is -2.23. The molecule has 1 fully saturated rings. The molecule has 0 aliphatic heterocycles. The summed E-state index contributed by atoms with van der Waals surface area (Å²) < 4.78 is 14.5. The average molecular weight is 449 g/mol. The normalized spacial score (nSPS) is 14.4. The SMILES string of the molecule is Fc1ccc(Cl)cc1-c1cc(Nc2cc(NC3CCCCC3)ncn2)c2cccnc2n1. The summed E-state index contributed by atoms with van der Waals surface area (Å²) in [4.78, 5) is 17.7. The zero-order chi connectivity index (χ0) is 21.9. The molecule has 0 unspecified atom stereocenters. The minimum atomic E-state index is -0.399. The van der Waals surface area contributed by atoms with Gasteiger partial charge in [0.15, 0.2) is 5.65 Å². The number of aromatic nitrogens is 4. The Labute approximate surface area is 190 Å². The minimum absolute atomic E-state index is 0.315. The Morgan fingerprint density at radius 3 is 2.66 bits per heavy atom. The Balaban J connectivity index is 1.50. The first-order valence-electron chi connectivity index (χ1n) is 10.7. The molecule has 0 spiro atoms. The van der Waals surface area contributed by atoms with E-state index in [0.717, 1.165) is 29.7 Å². The van der Waals surface area contributed by atoms with E-state index in [-0.39, 0.29) is 0 Å². The maximum atomic E-state index is 14.5. The number of hydrogen-bond donors (Lipinski definition) is 2. The second-order valence-corrected chi connectivity index (χ2v) is 8.38. The Hall–Kier alpha value is -3.32. The van der Waals surface area contributed by atoms with Crippen molar-refractivity contribution >= 4 is 40.0 Å². The Morgan fingerprint density at radius 2 is 1.78 bits per heavy atom. The van der Waals surface area contributed by atoms with Gasteiger partial charge in [0.1, 0.15) is 23.8 Å². The van der Waals surface area contributed by atoms with Crippen LogP contribution in [0.1, 0.15) is 32.1 Å². The highest BCUT2D eigenvalue weighted by Crippen LogP contribution is 2.32. The van der Waals surface area contributed by atoms with Crippen molar-refractivity contribution in [3.8, 4) is 11.3 Å². The van der Waals surface area contributed by atoms with Gasteiger partial charge in [-0.05, 0) is 49.2 Å². The molecule has 8 heteroatoms. The molecule has 6 nitrogen and oxygen atoms in total. The summed E-state index contributed by atoms with van der Waals surface area (Å²) >= 11 is 6.10. The van der Waals surface area contributed by atoms with E-state index in [4.69, 9.17) is 11.6 Å². The molecular weight excluding hydrogens is 427 g/mol. The van der Waals surface area contributed by atoms with Crippen LogP contribution in [0.3, 0.4) is 0 Å². The molecule has 0 amide bonds. The number of nitrogens with one attached hydrogen (secondary N) is 2. The van der Waals surface area contributed by atoms with Crippen LogP contribution in [0.2, 0.25) is 5.02 Å². The number of halogens is 2. The number of benzene rings is 1. The molecule has 1 aliphatic rings. The number of hydrogen-bond acceptors (Lipinski definition) is 6. The molecule has 0 radical (unpaired) electrons. The maximum absolute atomic E-state index is 14.5. The molecule has 3 aromatic heterocycles. The van der Waals surface area contributed by atoms with E-state index < -0.39 is 5.82 Å². The van der Waals surface area contributed by atoms with Gasteiger partial charge in [0.05, 0.1) is 11.4 Å². The summed E-state index contributed by atoms with van der Waals surface area (Å²) in [5, 5.41) is 8.10. The summed E-state index contributed by atoms with van der Waals surface area (Å²) in [6, 6.07) is 12.3. The number of fused-ring (bicyclic) bond motifs is 1. The van der Waals surface area contributed by atoms with Crippen molar-refractivity contribution in [2.24, 2.45) is 0 Å². The van der Waals surface area contributed by atoms with Crippen LogP contribution >= 0.6 is 11.6 Å². The molecular formula is C24H22ClFN6. The zero-order valence-corrected chi connectivity index (χ0v) is 18.1. The fraction of sp³-hybridized carbons (Fsp3) is 0.250. The van der Waals surface area contributed by atoms with E-state index in [1.807, 2.05) is 18.2 Å². The Bertz CT molecular complexity index is 1260. The monoisotopic (exact) mass is 448 g/mol. The van der Waals surface area contributed by atoms with Crippen LogP contribution in [-0.4, -0.2) is 26.0 Å². The number of nitrogens with zero attached hydrogens (tertiary/aromatic N) is 4. The molecule has 4 aromatic rings. The topological polar surface area (TPSA) is 75.6 Å². The molecule has 1 aliphatic carbocycles. The molecule has 3 heterocycles. The fourth-order valence-corrected chi connectivity index (χ4v) is 4.26. The number of rotatable bonds is 5. The summed E-state index contributed by atoms with van der Waals surface area (Å²) in [7, 11) is 0. The van der Waals surface area contributed by atoms with Gasteiger partial charge >= 0.3 is 0 Å². The smallest absolute Gasteiger partial charge is 0.161 e. The van der Waals surface area contributed by atoms with Crippen LogP contribution in [0.4, 0.5) is 21.7 Å². The van der Waals surface area contributed by atoms with Crippen LogP contribution in [0.5, 0.6) is 0 Å². The highest BCUT2D eigenvalue weighted by atomic mass is 35.5. The standard InChI is InChI=1S/C24H22ClFN6/c25-15-8-9-19(26)18(11-15)21-12-20(17-7-4-10-27-24(17)32-21)31-23-13-22(28-14-29-23)30-16-5-2-1-3-6-16/h4,7-14,16H,1-3,5-6H2,(H2,27,28,29,30,31,32). The van der Waals surface area contributed by atoms with Gasteiger partial charge in [-0.25, -0.2) is 24.3 Å². The number of pyridine rings is 2. The fourth-order valence-electron chi connectivity index (χ4n) is 4.09. The highest BCUT2D eigenvalue weighted by molar-refractivity contribution is 6.30. The molecule has 1 saturated carbocycles. The first kappa shape index (κ1) is 20.6. The van der Waals surface area contributed by atoms with Crippen molar-refractivity contribution in [1.29, 1.82) is 0 Å². The second-order valence-electron chi connectivity index (χ2n) is 7.95. The van der Waals surface area contributed by atoms with Crippen molar-refractivity contribution in [1.82, 2.24) is 19.9 Å². The number of anilines is 3. The third-order valence-corrected chi connectivity index (χ3v) is 5.91. The van der Waals surface area contributed by atoms with E-state index in [1.165, 1.54) is 37.7 Å². The molecule has 1 aromatic carbocycles. The molecule has 0 saturated heterocycles. The van der Waals surface area contributed by atoms with Crippen LogP contribution in [0.15, 0.2) is 55.0 Å². The van der Waals surface area contributed by atoms with Gasteiger partial charge in [-0.15, -0.1) is 0 Å². The van der Waals surface area contributed by atoms with E-state index >= 15 is 0 Å². The zero-order valence-electron chi connectivity index (χ0n) is 17.4. The van der Waals surface area contributed by atoms with E-state index in [2.05, 4.69) is 30.6 Å². The van der Waals surface area contributed by atoms with E-state index in [0.29, 0.717) is 33.8 Å². The first-order chi connectivity index (χ1) is 15.7. The van der Waals surface area contributed by atoms with E-state index in [1.54, 1.807) is 18.3 Å². The third-order valence-electron chi connectivity index (χ3n) is 5.68. The quantitative estimate of drug-likeness (QED) is 0.369. The summed E-state index contributed by atoms with van der Waals surface area (Å²) in [6.07, 6.45) is 9.29. The summed E-state index contributed by atoms with van der Waals surface area (Å²) in [5.74, 6) is 1.02. The molecule has 0 bridgehead atoms. The molecule has 162 valence electrons. The van der Waals surface area contributed by atoms with E-state index in [9.17, 15) is 4.39 Å². The lowest BCUT2D eigenvalue weighted by atomic mass is 9.95. The van der Waals surface area contributed by atoms with Crippen LogP contribution < -0.4 is 10.6 Å². The van der Waals surface area contributed by atoms with Crippen molar-refractivity contribution in [3.05, 3.63) is 65.8 Å². The van der Waals surface area contributed by atoms with Crippen LogP contribution in [0.25, 0.3) is 22.3 Å². The van der Waals surface area contributed by atoms with Crippen LogP contribution in [0, 0.1) is 5.82 Å². The second kappa shape index (κ2) is 9.04. The lowest BCUT2D eigenvalue weighted by Crippen LogP contribution is -2.22. The molecule has 0 atom stereocenters. The lowest BCUT2D eigenvalue weighted by molar-refractivity contribution is 0.462. The molecule has 5 rings (SSSR count). The van der Waals surface area contributed by atoms with Gasteiger partial charge in [-0.3, -0.25) is 0 Å². The Kier molecular flexibility index (Phi) is 5.81. The largest absolute Gasteiger partial charge is 0.367 e. The molecule has 32 heavy (non-hydrogen) atoms. The predicted molar refractivity (Wildman–Crippen MR) is 126 cm³/mol.